The minimum Gasteiger partial charge on any atom is -0.379 e. The molecular weight excluding hydrogens is 511 g/mol. The van der Waals surface area contributed by atoms with Crippen LogP contribution in [0.5, 0.6) is 0 Å². The summed E-state index contributed by atoms with van der Waals surface area (Å²) in [7, 11) is 0. The highest BCUT2D eigenvalue weighted by atomic mass is 127. The molecule has 1 atom stereocenters. The summed E-state index contributed by atoms with van der Waals surface area (Å²) in [5.41, 5.74) is 0. The van der Waals surface area contributed by atoms with Gasteiger partial charge in [0.05, 0.1) is 25.8 Å². The van der Waals surface area contributed by atoms with Crippen LogP contribution in [-0.4, -0.2) is 106 Å². The third kappa shape index (κ3) is 8.23. The van der Waals surface area contributed by atoms with Gasteiger partial charge in [-0.25, -0.2) is 0 Å². The van der Waals surface area contributed by atoms with Crippen LogP contribution in [-0.2, 0) is 4.74 Å². The average molecular weight is 551 g/mol. The lowest BCUT2D eigenvalue weighted by Gasteiger charge is -2.34. The molecule has 1 aromatic rings. The van der Waals surface area contributed by atoms with Gasteiger partial charge in [-0.05, 0) is 24.9 Å². The van der Waals surface area contributed by atoms with E-state index in [1.807, 2.05) is 11.3 Å². The van der Waals surface area contributed by atoms with Crippen LogP contribution in [0.15, 0.2) is 22.5 Å². The zero-order chi connectivity index (χ0) is 20.3. The average Bonchev–Trinajstić information content (AvgIpc) is 3.30. The molecule has 2 aliphatic rings. The summed E-state index contributed by atoms with van der Waals surface area (Å²) >= 11 is 1.83. The number of likely N-dealkylation sites (N-methyl/N-ethyl adjacent to an activating group) is 1. The molecule has 9 heteroatoms. The van der Waals surface area contributed by atoms with Gasteiger partial charge in [0, 0.05) is 63.8 Å². The SMILES string of the molecule is CCNC(=NCC(c1cccs1)N1CCOCC1)NCCN1CCN(CC)CC1.I. The number of morpholine rings is 1. The van der Waals surface area contributed by atoms with E-state index in [4.69, 9.17) is 9.73 Å². The van der Waals surface area contributed by atoms with Crippen LogP contribution in [0.1, 0.15) is 24.8 Å². The molecule has 1 unspecified atom stereocenters. The zero-order valence-corrected chi connectivity index (χ0v) is 21.7. The minimum atomic E-state index is 0. The fourth-order valence-corrected chi connectivity index (χ4v) is 4.79. The van der Waals surface area contributed by atoms with Crippen molar-refractivity contribution in [3.8, 4) is 0 Å². The Morgan fingerprint density at radius 1 is 1.10 bits per heavy atom. The first-order valence-corrected chi connectivity index (χ1v) is 12.0. The van der Waals surface area contributed by atoms with Gasteiger partial charge < -0.3 is 20.3 Å². The number of guanidine groups is 1. The molecule has 0 radical (unpaired) electrons. The van der Waals surface area contributed by atoms with Crippen molar-refractivity contribution in [3.63, 3.8) is 0 Å². The molecule has 0 amide bonds. The third-order valence-corrected chi connectivity index (χ3v) is 6.73. The van der Waals surface area contributed by atoms with Crippen molar-refractivity contribution in [2.75, 3.05) is 85.2 Å². The number of halogens is 1. The lowest BCUT2D eigenvalue weighted by Crippen LogP contribution is -2.49. The molecule has 3 heterocycles. The lowest BCUT2D eigenvalue weighted by molar-refractivity contribution is 0.0186. The third-order valence-electron chi connectivity index (χ3n) is 5.76. The van der Waals surface area contributed by atoms with Gasteiger partial charge in [0.1, 0.15) is 0 Å². The molecule has 2 fully saturated rings. The van der Waals surface area contributed by atoms with E-state index >= 15 is 0 Å². The van der Waals surface area contributed by atoms with E-state index in [0.717, 1.165) is 65.0 Å². The molecule has 0 aliphatic carbocycles. The van der Waals surface area contributed by atoms with E-state index in [-0.39, 0.29) is 24.0 Å². The van der Waals surface area contributed by atoms with E-state index in [9.17, 15) is 0 Å². The van der Waals surface area contributed by atoms with Gasteiger partial charge in [-0.3, -0.25) is 14.8 Å². The molecule has 0 bridgehead atoms. The molecule has 1 aromatic heterocycles. The van der Waals surface area contributed by atoms with Gasteiger partial charge in [-0.15, -0.1) is 35.3 Å². The van der Waals surface area contributed by atoms with Crippen molar-refractivity contribution in [1.82, 2.24) is 25.3 Å². The van der Waals surface area contributed by atoms with Crippen LogP contribution in [0.2, 0.25) is 0 Å². The number of hydrogen-bond donors (Lipinski definition) is 2. The summed E-state index contributed by atoms with van der Waals surface area (Å²) in [6.45, 7) is 17.5. The van der Waals surface area contributed by atoms with E-state index in [1.165, 1.54) is 31.1 Å². The summed E-state index contributed by atoms with van der Waals surface area (Å²) < 4.78 is 5.55. The topological polar surface area (TPSA) is 55.4 Å². The fraction of sp³-hybridized carbons (Fsp3) is 0.762. The number of nitrogens with zero attached hydrogens (tertiary/aromatic N) is 4. The Labute approximate surface area is 203 Å². The first-order chi connectivity index (χ1) is 14.3. The van der Waals surface area contributed by atoms with Crippen LogP contribution in [0.25, 0.3) is 0 Å². The summed E-state index contributed by atoms with van der Waals surface area (Å²) in [6, 6.07) is 4.70. The van der Waals surface area contributed by atoms with E-state index in [1.54, 1.807) is 0 Å². The predicted molar refractivity (Wildman–Crippen MR) is 137 cm³/mol. The molecular formula is C21H39IN6OS. The van der Waals surface area contributed by atoms with E-state index in [2.05, 4.69) is 56.7 Å². The smallest absolute Gasteiger partial charge is 0.191 e. The van der Waals surface area contributed by atoms with Crippen LogP contribution in [0, 0.1) is 0 Å². The van der Waals surface area contributed by atoms with Crippen LogP contribution < -0.4 is 10.6 Å². The molecule has 172 valence electrons. The molecule has 0 spiro atoms. The Bertz CT molecular complexity index is 588. The normalized spacial score (nSPS) is 20.5. The number of thiophene rings is 1. The number of ether oxygens (including phenoxy) is 1. The largest absolute Gasteiger partial charge is 0.379 e. The Morgan fingerprint density at radius 3 is 2.47 bits per heavy atom. The summed E-state index contributed by atoms with van der Waals surface area (Å²) in [6.07, 6.45) is 0. The van der Waals surface area contributed by atoms with Crippen LogP contribution >= 0.6 is 35.3 Å². The van der Waals surface area contributed by atoms with E-state index < -0.39 is 0 Å². The predicted octanol–water partition coefficient (Wildman–Crippen LogP) is 1.93. The highest BCUT2D eigenvalue weighted by molar-refractivity contribution is 14.0. The first-order valence-electron chi connectivity index (χ1n) is 11.1. The van der Waals surface area contributed by atoms with Crippen molar-refractivity contribution >= 4 is 41.3 Å². The Morgan fingerprint density at radius 2 is 1.83 bits per heavy atom. The summed E-state index contributed by atoms with van der Waals surface area (Å²) in [5.74, 6) is 0.925. The standard InChI is InChI=1S/C21H38N6OS.HI/c1-3-22-21(23-7-8-26-11-9-25(4-2)10-12-26)24-18-19(20-6-5-17-29-20)27-13-15-28-16-14-27;/h5-6,17,19H,3-4,7-16,18H2,1-2H3,(H2,22,23,24);1H. The monoisotopic (exact) mass is 550 g/mol. The maximum absolute atomic E-state index is 5.55. The number of hydrogen-bond acceptors (Lipinski definition) is 6. The molecule has 0 aromatic carbocycles. The lowest BCUT2D eigenvalue weighted by atomic mass is 10.2. The number of aliphatic imine (C=N–C) groups is 1. The van der Waals surface area contributed by atoms with Crippen molar-refractivity contribution in [3.05, 3.63) is 22.4 Å². The van der Waals surface area contributed by atoms with Gasteiger partial charge in [0.15, 0.2) is 5.96 Å². The number of nitrogens with one attached hydrogen (secondary N) is 2. The molecule has 7 nitrogen and oxygen atoms in total. The molecule has 3 rings (SSSR count). The van der Waals surface area contributed by atoms with Gasteiger partial charge >= 0.3 is 0 Å². The van der Waals surface area contributed by atoms with Crippen molar-refractivity contribution < 1.29 is 4.74 Å². The second-order valence-electron chi connectivity index (χ2n) is 7.60. The molecule has 2 aliphatic heterocycles. The molecule has 30 heavy (non-hydrogen) atoms. The fourth-order valence-electron chi connectivity index (χ4n) is 3.94. The summed E-state index contributed by atoms with van der Waals surface area (Å²) in [5, 5.41) is 9.11. The van der Waals surface area contributed by atoms with E-state index in [0.29, 0.717) is 6.04 Å². The Balaban J connectivity index is 0.00000320. The highest BCUT2D eigenvalue weighted by Crippen LogP contribution is 2.26. The van der Waals surface area contributed by atoms with Crippen molar-refractivity contribution in [2.45, 2.75) is 19.9 Å². The highest BCUT2D eigenvalue weighted by Gasteiger charge is 2.23. The van der Waals surface area contributed by atoms with Gasteiger partial charge in [0.25, 0.3) is 0 Å². The maximum Gasteiger partial charge on any atom is 0.191 e. The van der Waals surface area contributed by atoms with Gasteiger partial charge in [-0.2, -0.15) is 0 Å². The number of rotatable bonds is 9. The molecule has 2 N–H and O–H groups in total. The minimum absolute atomic E-state index is 0. The van der Waals surface area contributed by atoms with Crippen molar-refractivity contribution in [1.29, 1.82) is 0 Å². The van der Waals surface area contributed by atoms with Crippen LogP contribution in [0.3, 0.4) is 0 Å². The Kier molecular flexibility index (Phi) is 12.5. The van der Waals surface area contributed by atoms with Crippen LogP contribution in [0.4, 0.5) is 0 Å². The second-order valence-corrected chi connectivity index (χ2v) is 8.58. The number of piperazine rings is 1. The molecule has 0 saturated carbocycles. The first kappa shape index (κ1) is 25.8. The molecule has 2 saturated heterocycles. The quantitative estimate of drug-likeness (QED) is 0.279. The Hall–Kier alpha value is -0.460. The van der Waals surface area contributed by atoms with Gasteiger partial charge in [-0.1, -0.05) is 13.0 Å². The van der Waals surface area contributed by atoms with Gasteiger partial charge in [0.2, 0.25) is 0 Å². The summed E-state index contributed by atoms with van der Waals surface area (Å²) in [4.78, 5) is 13.9. The zero-order valence-electron chi connectivity index (χ0n) is 18.5. The maximum atomic E-state index is 5.55. The van der Waals surface area contributed by atoms with Crippen molar-refractivity contribution in [2.24, 2.45) is 4.99 Å². The second kappa shape index (κ2) is 14.6.